The van der Waals surface area contributed by atoms with Gasteiger partial charge in [0.05, 0.1) is 17.3 Å². The predicted molar refractivity (Wildman–Crippen MR) is 157 cm³/mol. The maximum atomic E-state index is 14.1. The highest BCUT2D eigenvalue weighted by atomic mass is 35.5. The van der Waals surface area contributed by atoms with Crippen molar-refractivity contribution in [3.63, 3.8) is 0 Å². The Balaban J connectivity index is 1.39. The first kappa shape index (κ1) is 28.5. The number of halogens is 2. The van der Waals surface area contributed by atoms with Gasteiger partial charge in [-0.25, -0.2) is 8.42 Å². The summed E-state index contributed by atoms with van der Waals surface area (Å²) in [5.74, 6) is -0.183. The van der Waals surface area contributed by atoms with Gasteiger partial charge in [0.25, 0.3) is 15.9 Å². The van der Waals surface area contributed by atoms with E-state index in [4.69, 9.17) is 23.2 Å². The number of nitrogens with zero attached hydrogens (tertiary/aromatic N) is 2. The third-order valence-electron chi connectivity index (χ3n) is 7.58. The Morgan fingerprint density at radius 1 is 0.975 bits per heavy atom. The molecule has 7 nitrogen and oxygen atoms in total. The second-order valence-electron chi connectivity index (χ2n) is 10.3. The van der Waals surface area contributed by atoms with Crippen LogP contribution in [-0.4, -0.2) is 43.8 Å². The number of carbonyl (C=O) groups is 2. The molecular formula is C30H31Cl2N3O4S. The number of nitrogens with one attached hydrogen (secondary N) is 1. The number of sulfonamides is 1. The number of likely N-dealkylation sites (tertiary alicyclic amines) is 1. The van der Waals surface area contributed by atoms with Crippen molar-refractivity contribution in [1.29, 1.82) is 0 Å². The fourth-order valence-electron chi connectivity index (χ4n) is 5.53. The van der Waals surface area contributed by atoms with Crippen LogP contribution in [0.25, 0.3) is 0 Å². The molecular weight excluding hydrogens is 569 g/mol. The molecule has 1 N–H and O–H groups in total. The van der Waals surface area contributed by atoms with Crippen molar-refractivity contribution >= 4 is 50.7 Å². The maximum absolute atomic E-state index is 14.1. The number of hydrogen-bond acceptors (Lipinski definition) is 4. The van der Waals surface area contributed by atoms with Crippen LogP contribution in [0, 0.1) is 0 Å². The van der Waals surface area contributed by atoms with E-state index < -0.39 is 10.0 Å². The summed E-state index contributed by atoms with van der Waals surface area (Å²) in [5.41, 5.74) is 1.41. The minimum atomic E-state index is -4.18. The zero-order valence-corrected chi connectivity index (χ0v) is 24.3. The van der Waals surface area contributed by atoms with Crippen molar-refractivity contribution in [2.24, 2.45) is 0 Å². The van der Waals surface area contributed by atoms with E-state index in [1.165, 1.54) is 22.5 Å². The number of anilines is 1. The van der Waals surface area contributed by atoms with Crippen LogP contribution in [0.1, 0.15) is 54.4 Å². The van der Waals surface area contributed by atoms with Crippen molar-refractivity contribution < 1.29 is 18.0 Å². The first-order chi connectivity index (χ1) is 19.2. The minimum Gasteiger partial charge on any atom is -0.349 e. The molecule has 1 saturated carbocycles. The predicted octanol–water partition coefficient (Wildman–Crippen LogP) is 6.05. The summed E-state index contributed by atoms with van der Waals surface area (Å²) >= 11 is 12.5. The van der Waals surface area contributed by atoms with Gasteiger partial charge in [-0.2, -0.15) is 0 Å². The Bertz CT molecular complexity index is 1480. The molecule has 5 rings (SSSR count). The number of carbonyl (C=O) groups excluding carboxylic acids is 2. The molecule has 0 spiro atoms. The van der Waals surface area contributed by atoms with E-state index in [0.29, 0.717) is 23.6 Å². The molecule has 0 aromatic heterocycles. The van der Waals surface area contributed by atoms with Crippen LogP contribution in [0.4, 0.5) is 5.69 Å². The van der Waals surface area contributed by atoms with Crippen molar-refractivity contribution in [1.82, 2.24) is 10.2 Å². The largest absolute Gasteiger partial charge is 0.349 e. The fourth-order valence-corrected chi connectivity index (χ4v) is 7.62. The van der Waals surface area contributed by atoms with Gasteiger partial charge in [-0.05, 0) is 80.1 Å². The summed E-state index contributed by atoms with van der Waals surface area (Å²) in [6.45, 7) is 0.839. The smallest absolute Gasteiger partial charge is 0.266 e. The van der Waals surface area contributed by atoms with Crippen molar-refractivity contribution in [2.75, 3.05) is 10.8 Å². The molecule has 2 atom stereocenters. The molecule has 1 aliphatic heterocycles. The zero-order valence-electron chi connectivity index (χ0n) is 21.9. The van der Waals surface area contributed by atoms with E-state index in [1.807, 2.05) is 35.2 Å². The molecule has 0 bridgehead atoms. The van der Waals surface area contributed by atoms with Crippen LogP contribution < -0.4 is 9.62 Å². The average molecular weight is 601 g/mol. The molecule has 2 fully saturated rings. The monoisotopic (exact) mass is 599 g/mol. The lowest BCUT2D eigenvalue weighted by atomic mass is 9.90. The Labute approximate surface area is 245 Å². The van der Waals surface area contributed by atoms with Crippen LogP contribution in [0.3, 0.4) is 0 Å². The number of amides is 2. The summed E-state index contributed by atoms with van der Waals surface area (Å²) in [4.78, 5) is 27.3. The highest BCUT2D eigenvalue weighted by Crippen LogP contribution is 2.32. The van der Waals surface area contributed by atoms with E-state index >= 15 is 0 Å². The normalized spacial score (nSPS) is 19.4. The molecule has 3 aromatic carbocycles. The van der Waals surface area contributed by atoms with Crippen molar-refractivity contribution in [3.05, 3.63) is 94.0 Å². The summed E-state index contributed by atoms with van der Waals surface area (Å²) in [6.07, 6.45) is 4.82. The second-order valence-corrected chi connectivity index (χ2v) is 13.0. The van der Waals surface area contributed by atoms with Crippen LogP contribution in [-0.2, 0) is 21.4 Å². The first-order valence-electron chi connectivity index (χ1n) is 13.4. The zero-order chi connectivity index (χ0) is 28.3. The van der Waals surface area contributed by atoms with Gasteiger partial charge in [0, 0.05) is 35.6 Å². The molecule has 0 radical (unpaired) electrons. The highest BCUT2D eigenvalue weighted by molar-refractivity contribution is 7.93. The Morgan fingerprint density at radius 3 is 2.42 bits per heavy atom. The van der Waals surface area contributed by atoms with E-state index in [1.54, 1.807) is 24.3 Å². The van der Waals surface area contributed by atoms with Gasteiger partial charge in [-0.1, -0.05) is 53.5 Å². The van der Waals surface area contributed by atoms with E-state index in [0.717, 1.165) is 37.8 Å². The molecule has 40 heavy (non-hydrogen) atoms. The second kappa shape index (κ2) is 12.2. The average Bonchev–Trinajstić information content (AvgIpc) is 3.39. The SMILES string of the molecule is O=C(NC1CCCC(N2CCCC2=O)C1)c1ccc(Cl)c(S(=O)(=O)N(Cc2ccccc2)c2ccc(Cl)cc2)c1. The summed E-state index contributed by atoms with van der Waals surface area (Å²) in [5, 5.41) is 3.57. The van der Waals surface area contributed by atoms with E-state index in [-0.39, 0.29) is 45.9 Å². The van der Waals surface area contributed by atoms with E-state index in [2.05, 4.69) is 5.32 Å². The number of benzene rings is 3. The highest BCUT2D eigenvalue weighted by Gasteiger charge is 2.33. The number of hydrogen-bond donors (Lipinski definition) is 1. The topological polar surface area (TPSA) is 86.8 Å². The molecule has 10 heteroatoms. The molecule has 1 heterocycles. The van der Waals surface area contributed by atoms with Gasteiger partial charge in [0.15, 0.2) is 0 Å². The Morgan fingerprint density at radius 2 is 1.73 bits per heavy atom. The molecule has 1 aliphatic carbocycles. The molecule has 2 unspecified atom stereocenters. The van der Waals surface area contributed by atoms with Gasteiger partial charge < -0.3 is 10.2 Å². The van der Waals surface area contributed by atoms with Gasteiger partial charge in [0.2, 0.25) is 5.91 Å². The van der Waals surface area contributed by atoms with Gasteiger partial charge in [-0.15, -0.1) is 0 Å². The molecule has 210 valence electrons. The summed E-state index contributed by atoms with van der Waals surface area (Å²) in [7, 11) is -4.18. The van der Waals surface area contributed by atoms with Crippen LogP contribution in [0.15, 0.2) is 77.7 Å². The summed E-state index contributed by atoms with van der Waals surface area (Å²) < 4.78 is 29.4. The lowest BCUT2D eigenvalue weighted by Gasteiger charge is -2.35. The summed E-state index contributed by atoms with van der Waals surface area (Å²) in [6, 6.07) is 20.1. The van der Waals surface area contributed by atoms with Gasteiger partial charge >= 0.3 is 0 Å². The quantitative estimate of drug-likeness (QED) is 0.341. The van der Waals surface area contributed by atoms with Gasteiger partial charge in [0.1, 0.15) is 4.90 Å². The Kier molecular flexibility index (Phi) is 8.68. The van der Waals surface area contributed by atoms with Crippen molar-refractivity contribution in [3.8, 4) is 0 Å². The van der Waals surface area contributed by atoms with Crippen LogP contribution in [0.5, 0.6) is 0 Å². The molecule has 1 saturated heterocycles. The minimum absolute atomic E-state index is 0.0221. The van der Waals surface area contributed by atoms with E-state index in [9.17, 15) is 18.0 Å². The lowest BCUT2D eigenvalue weighted by molar-refractivity contribution is -0.130. The first-order valence-corrected chi connectivity index (χ1v) is 15.6. The van der Waals surface area contributed by atoms with Crippen LogP contribution >= 0.6 is 23.2 Å². The molecule has 3 aromatic rings. The molecule has 2 aliphatic rings. The number of rotatable bonds is 8. The Hall–Kier alpha value is -3.07. The third kappa shape index (κ3) is 6.29. The van der Waals surface area contributed by atoms with Crippen LogP contribution in [0.2, 0.25) is 10.0 Å². The molecule has 2 amide bonds. The lowest BCUT2D eigenvalue weighted by Crippen LogP contribution is -2.46. The van der Waals surface area contributed by atoms with Crippen molar-refractivity contribution in [2.45, 2.75) is 62.0 Å². The standard InChI is InChI=1S/C30H31Cl2N3O4S/c31-23-12-14-25(15-13-23)35(20-21-6-2-1-3-7-21)40(38,39)28-18-22(11-16-27(28)32)30(37)33-24-8-4-9-26(19-24)34-17-5-10-29(34)36/h1-3,6-7,11-16,18,24,26H,4-5,8-10,17,19-20H2,(H,33,37). The van der Waals surface area contributed by atoms with Gasteiger partial charge in [-0.3, -0.25) is 13.9 Å². The third-order valence-corrected chi connectivity index (χ3v) is 10.1. The maximum Gasteiger partial charge on any atom is 0.266 e. The fraction of sp³-hybridized carbons (Fsp3) is 0.333.